The van der Waals surface area contributed by atoms with Gasteiger partial charge < -0.3 is 32.4 Å². The fourth-order valence-corrected chi connectivity index (χ4v) is 6.55. The zero-order chi connectivity index (χ0) is 31.1. The van der Waals surface area contributed by atoms with E-state index in [1.165, 1.54) is 16.7 Å². The molecule has 0 bridgehead atoms. The first kappa shape index (κ1) is 32.6. The molecule has 0 aliphatic carbocycles. The molecule has 0 saturated heterocycles. The Morgan fingerprint density at radius 3 is 2.65 bits per heavy atom. The summed E-state index contributed by atoms with van der Waals surface area (Å²) in [6.07, 6.45) is 3.93. The molecule has 0 spiro atoms. The topological polar surface area (TPSA) is 156 Å². The molecule has 12 heteroatoms. The molecule has 0 fully saturated rings. The smallest absolute Gasteiger partial charge is 0.243 e. The summed E-state index contributed by atoms with van der Waals surface area (Å²) in [7, 11) is 1.63. The Kier molecular flexibility index (Phi) is 11.3. The Morgan fingerprint density at radius 1 is 1.14 bits per heavy atom. The van der Waals surface area contributed by atoms with Crippen LogP contribution in [-0.4, -0.2) is 52.4 Å². The molecule has 2 aromatic carbocycles. The minimum Gasteiger partial charge on any atom is -0.397 e. The van der Waals surface area contributed by atoms with Crippen molar-refractivity contribution in [2.75, 3.05) is 19.3 Å². The summed E-state index contributed by atoms with van der Waals surface area (Å²) < 4.78 is 0. The molecule has 0 aliphatic heterocycles. The van der Waals surface area contributed by atoms with Crippen molar-refractivity contribution in [3.63, 3.8) is 0 Å². The lowest BCUT2D eigenvalue weighted by Gasteiger charge is -2.30. The third-order valence-corrected chi connectivity index (χ3v) is 9.22. The van der Waals surface area contributed by atoms with Crippen molar-refractivity contribution in [1.29, 1.82) is 0 Å². The predicted octanol–water partition coefficient (Wildman–Crippen LogP) is 5.05. The van der Waals surface area contributed by atoms with Crippen LogP contribution in [0.3, 0.4) is 0 Å². The average Bonchev–Trinajstić information content (AvgIpc) is 3.30. The molecule has 43 heavy (non-hydrogen) atoms. The number of hydrogen-bond donors (Lipinski definition) is 5. The van der Waals surface area contributed by atoms with E-state index in [4.69, 9.17) is 40.4 Å². The van der Waals surface area contributed by atoms with E-state index in [1.807, 2.05) is 31.2 Å². The number of rotatable bonds is 13. The van der Waals surface area contributed by atoms with Gasteiger partial charge in [-0.15, -0.1) is 0 Å². The number of unbranched alkanes of at least 4 members (excludes halogenated alkanes) is 1. The highest BCUT2D eigenvalue weighted by molar-refractivity contribution is 7.99. The van der Waals surface area contributed by atoms with Crippen molar-refractivity contribution in [3.05, 3.63) is 81.6 Å². The lowest BCUT2D eigenvalue weighted by Crippen LogP contribution is -2.53. The van der Waals surface area contributed by atoms with Gasteiger partial charge in [-0.25, -0.2) is 4.98 Å². The number of H-pyrrole nitrogens is 1. The quantitative estimate of drug-likeness (QED) is 0.128. The average molecular weight is 643 g/mol. The first-order valence-corrected chi connectivity index (χ1v) is 15.6. The van der Waals surface area contributed by atoms with Crippen LogP contribution in [0.5, 0.6) is 0 Å². The van der Waals surface area contributed by atoms with Crippen LogP contribution in [-0.2, 0) is 22.6 Å². The Labute approximate surface area is 265 Å². The van der Waals surface area contributed by atoms with Crippen LogP contribution in [0.15, 0.2) is 64.6 Å². The molecule has 9 nitrogen and oxygen atoms in total. The molecule has 0 saturated carbocycles. The van der Waals surface area contributed by atoms with Gasteiger partial charge in [0, 0.05) is 52.7 Å². The number of aromatic amines is 1. The normalized spacial score (nSPS) is 12.7. The second kappa shape index (κ2) is 14.9. The number of halogens is 2. The van der Waals surface area contributed by atoms with Gasteiger partial charge in [-0.1, -0.05) is 59.6 Å². The van der Waals surface area contributed by atoms with Gasteiger partial charge in [0.1, 0.15) is 11.1 Å². The van der Waals surface area contributed by atoms with Crippen LogP contribution in [0.25, 0.3) is 10.9 Å². The largest absolute Gasteiger partial charge is 0.397 e. The molecule has 0 aliphatic rings. The van der Waals surface area contributed by atoms with Gasteiger partial charge in [-0.3, -0.25) is 9.59 Å². The van der Waals surface area contributed by atoms with Crippen molar-refractivity contribution in [2.45, 2.75) is 61.2 Å². The predicted molar refractivity (Wildman–Crippen MR) is 175 cm³/mol. The fourth-order valence-electron chi connectivity index (χ4n) is 4.99. The summed E-state index contributed by atoms with van der Waals surface area (Å²) in [5, 5.41) is 5.44. The van der Waals surface area contributed by atoms with E-state index in [9.17, 15) is 9.59 Å². The third-order valence-electron chi connectivity index (χ3n) is 7.37. The fraction of sp³-hybridized carbons (Fsp3) is 0.323. The summed E-state index contributed by atoms with van der Waals surface area (Å²) in [6, 6.07) is 13.2. The van der Waals surface area contributed by atoms with Gasteiger partial charge in [-0.2, -0.15) is 0 Å². The number of carbonyl (C=O) groups excluding carboxylic acids is 2. The maximum absolute atomic E-state index is 13.9. The number of nitrogens with one attached hydrogen (secondary N) is 2. The summed E-state index contributed by atoms with van der Waals surface area (Å²) in [4.78, 5) is 37.2. The molecule has 2 atom stereocenters. The Bertz CT molecular complexity index is 1600. The number of likely N-dealkylation sites (N-methyl/N-ethyl adjacent to an activating group) is 1. The Balaban J connectivity index is 1.61. The minimum absolute atomic E-state index is 0.113. The maximum atomic E-state index is 13.9. The lowest BCUT2D eigenvalue weighted by atomic mass is 9.99. The molecule has 4 aromatic rings. The van der Waals surface area contributed by atoms with Crippen LogP contribution in [0.2, 0.25) is 10.0 Å². The van der Waals surface area contributed by atoms with Gasteiger partial charge in [0.2, 0.25) is 11.8 Å². The molecular formula is C31H37Cl2N7O2S. The van der Waals surface area contributed by atoms with Gasteiger partial charge >= 0.3 is 0 Å². The van der Waals surface area contributed by atoms with Crippen LogP contribution >= 0.6 is 35.0 Å². The van der Waals surface area contributed by atoms with Crippen LogP contribution in [0, 0.1) is 6.92 Å². The summed E-state index contributed by atoms with van der Waals surface area (Å²) in [5.41, 5.74) is 22.1. The van der Waals surface area contributed by atoms with Crippen LogP contribution in [0.4, 0.5) is 5.69 Å². The van der Waals surface area contributed by atoms with E-state index < -0.39 is 12.1 Å². The van der Waals surface area contributed by atoms with Gasteiger partial charge in [-0.05, 0) is 67.8 Å². The van der Waals surface area contributed by atoms with Crippen LogP contribution in [0.1, 0.15) is 36.1 Å². The van der Waals surface area contributed by atoms with Crippen molar-refractivity contribution in [3.8, 4) is 0 Å². The van der Waals surface area contributed by atoms with Crippen molar-refractivity contribution >= 4 is 63.4 Å². The highest BCUT2D eigenvalue weighted by Crippen LogP contribution is 2.39. The number of anilines is 1. The number of nitrogen functional groups attached to an aromatic ring is 1. The van der Waals surface area contributed by atoms with Gasteiger partial charge in [0.15, 0.2) is 0 Å². The molecule has 2 aromatic heterocycles. The SMILES string of the molecule is Cc1[nH]c2ccccc2c1C[C@@H](C(=O)NCc1cc(Cl)cc(Cl)c1Sc1ncccc1N)N(C)C(=O)[C@@H](N)CCCCN. The van der Waals surface area contributed by atoms with E-state index in [2.05, 4.69) is 15.3 Å². The molecule has 2 heterocycles. The number of nitrogens with zero attached hydrogens (tertiary/aromatic N) is 2. The molecule has 2 amide bonds. The van der Waals surface area contributed by atoms with Crippen molar-refractivity contribution < 1.29 is 9.59 Å². The molecule has 4 rings (SSSR count). The third kappa shape index (κ3) is 8.01. The molecule has 0 radical (unpaired) electrons. The van der Waals surface area contributed by atoms with E-state index in [0.29, 0.717) is 50.6 Å². The Hall–Kier alpha value is -3.28. The summed E-state index contributed by atoms with van der Waals surface area (Å²) in [5.74, 6) is -0.638. The van der Waals surface area contributed by atoms with E-state index in [0.717, 1.165) is 35.0 Å². The molecule has 8 N–H and O–H groups in total. The number of fused-ring (bicyclic) bond motifs is 1. The standard InChI is InChI=1S/C31H37Cl2N7O2S/c1-18-22(21-8-3-4-11-26(21)39-18)16-27(40(2)31(42)25(36)9-5-6-12-34)29(41)38-17-19-14-20(32)15-23(33)28(19)43-30-24(35)10-7-13-37-30/h3-4,7-8,10-11,13-15,25,27,39H,5-6,9,12,16-17,34-36H2,1-2H3,(H,38,41)/t25-,27-/m0/s1. The molecular weight excluding hydrogens is 605 g/mol. The summed E-state index contributed by atoms with van der Waals surface area (Å²) in [6.45, 7) is 2.61. The number of aromatic nitrogens is 2. The Morgan fingerprint density at radius 2 is 1.91 bits per heavy atom. The minimum atomic E-state index is -0.830. The van der Waals surface area contributed by atoms with Crippen molar-refractivity contribution in [1.82, 2.24) is 20.2 Å². The zero-order valence-corrected chi connectivity index (χ0v) is 26.5. The van der Waals surface area contributed by atoms with Crippen LogP contribution < -0.4 is 22.5 Å². The second-order valence-electron chi connectivity index (χ2n) is 10.4. The zero-order valence-electron chi connectivity index (χ0n) is 24.2. The maximum Gasteiger partial charge on any atom is 0.243 e. The number of aryl methyl sites for hydroxylation is 1. The highest BCUT2D eigenvalue weighted by atomic mass is 35.5. The number of hydrogen-bond acceptors (Lipinski definition) is 7. The second-order valence-corrected chi connectivity index (χ2v) is 12.3. The molecule has 228 valence electrons. The van der Waals surface area contributed by atoms with Gasteiger partial charge in [0.25, 0.3) is 0 Å². The number of nitrogens with two attached hydrogens (primary N) is 3. The molecule has 0 unspecified atom stereocenters. The number of amides is 2. The summed E-state index contributed by atoms with van der Waals surface area (Å²) >= 11 is 14.2. The van der Waals surface area contributed by atoms with Crippen molar-refractivity contribution in [2.24, 2.45) is 11.5 Å². The first-order valence-electron chi connectivity index (χ1n) is 14.0. The number of para-hydroxylation sites is 1. The van der Waals surface area contributed by atoms with E-state index >= 15 is 0 Å². The van der Waals surface area contributed by atoms with E-state index in [1.54, 1.807) is 37.5 Å². The monoisotopic (exact) mass is 641 g/mol. The van der Waals surface area contributed by atoms with E-state index in [-0.39, 0.29) is 18.4 Å². The van der Waals surface area contributed by atoms with Gasteiger partial charge in [0.05, 0.1) is 16.8 Å². The number of pyridine rings is 1. The number of carbonyl (C=O) groups is 2. The highest BCUT2D eigenvalue weighted by Gasteiger charge is 2.31. The number of benzene rings is 2. The first-order chi connectivity index (χ1) is 20.6. The lowest BCUT2D eigenvalue weighted by molar-refractivity contribution is -0.140.